The molecule has 1 N–H and O–H groups in total. The van der Waals surface area contributed by atoms with Gasteiger partial charge in [-0.1, -0.05) is 32.0 Å². The average molecular weight is 343 g/mol. The van der Waals surface area contributed by atoms with Gasteiger partial charge in [0.1, 0.15) is 13.2 Å². The molecule has 0 aromatic heterocycles. The zero-order chi connectivity index (χ0) is 16.9. The number of carbonyl (C=O) groups excluding carboxylic acids is 1. The molecular weight excluding hydrogens is 322 g/mol. The van der Waals surface area contributed by atoms with Gasteiger partial charge in [0.05, 0.1) is 5.75 Å². The molecule has 0 saturated heterocycles. The Morgan fingerprint density at radius 1 is 1.12 bits per heavy atom. The van der Waals surface area contributed by atoms with Crippen molar-refractivity contribution >= 4 is 23.4 Å². The van der Waals surface area contributed by atoms with E-state index in [2.05, 4.69) is 19.2 Å². The number of ether oxygens (including phenoxy) is 2. The Morgan fingerprint density at radius 3 is 2.67 bits per heavy atom. The van der Waals surface area contributed by atoms with Gasteiger partial charge in [-0.3, -0.25) is 4.79 Å². The number of hydrogen-bond donors (Lipinski definition) is 1. The first-order chi connectivity index (χ1) is 11.6. The Morgan fingerprint density at radius 2 is 1.88 bits per heavy atom. The summed E-state index contributed by atoms with van der Waals surface area (Å²) in [6, 6.07) is 13.7. The van der Waals surface area contributed by atoms with E-state index in [-0.39, 0.29) is 5.91 Å². The Bertz CT molecular complexity index is 730. The van der Waals surface area contributed by atoms with Crippen LogP contribution in [0.5, 0.6) is 11.5 Å². The minimum absolute atomic E-state index is 0.0111. The summed E-state index contributed by atoms with van der Waals surface area (Å²) in [4.78, 5) is 13.3. The van der Waals surface area contributed by atoms with Crippen LogP contribution < -0.4 is 14.8 Å². The molecule has 2 aromatic carbocycles. The van der Waals surface area contributed by atoms with Gasteiger partial charge in [0.15, 0.2) is 11.5 Å². The summed E-state index contributed by atoms with van der Waals surface area (Å²) in [5, 5.41) is 3.01. The zero-order valence-electron chi connectivity index (χ0n) is 13.9. The standard InChI is InChI=1S/C19H21NO3S/c1-13(2)15-5-3-4-6-16(15)20-19(21)12-24-14-7-8-17-18(11-14)23-10-9-22-17/h3-8,11,13H,9-10,12H2,1-2H3,(H,20,21). The topological polar surface area (TPSA) is 47.6 Å². The van der Waals surface area contributed by atoms with Gasteiger partial charge in [0.2, 0.25) is 5.91 Å². The van der Waals surface area contributed by atoms with E-state index >= 15 is 0 Å². The molecular formula is C19H21NO3S. The average Bonchev–Trinajstić information content (AvgIpc) is 2.60. The van der Waals surface area contributed by atoms with Crippen molar-refractivity contribution in [3.05, 3.63) is 48.0 Å². The smallest absolute Gasteiger partial charge is 0.234 e. The van der Waals surface area contributed by atoms with Gasteiger partial charge < -0.3 is 14.8 Å². The summed E-state index contributed by atoms with van der Waals surface area (Å²) < 4.78 is 11.1. The third-order valence-corrected chi connectivity index (χ3v) is 4.73. The van der Waals surface area contributed by atoms with Crippen LogP contribution in [0.1, 0.15) is 25.3 Å². The van der Waals surface area contributed by atoms with Crippen LogP contribution in [0.15, 0.2) is 47.4 Å². The maximum Gasteiger partial charge on any atom is 0.234 e. The first kappa shape index (κ1) is 16.7. The van der Waals surface area contributed by atoms with Gasteiger partial charge in [-0.15, -0.1) is 11.8 Å². The van der Waals surface area contributed by atoms with Crippen molar-refractivity contribution in [1.82, 2.24) is 0 Å². The predicted molar refractivity (Wildman–Crippen MR) is 97.3 cm³/mol. The Hall–Kier alpha value is -2.14. The van der Waals surface area contributed by atoms with Crippen molar-refractivity contribution in [1.29, 1.82) is 0 Å². The lowest BCUT2D eigenvalue weighted by atomic mass is 10.0. The molecule has 1 amide bonds. The van der Waals surface area contributed by atoms with E-state index in [1.807, 2.05) is 42.5 Å². The molecule has 0 bridgehead atoms. The highest BCUT2D eigenvalue weighted by Gasteiger charge is 2.13. The highest BCUT2D eigenvalue weighted by molar-refractivity contribution is 8.00. The maximum atomic E-state index is 12.3. The van der Waals surface area contributed by atoms with Crippen LogP contribution in [0.25, 0.3) is 0 Å². The number of anilines is 1. The monoisotopic (exact) mass is 343 g/mol. The highest BCUT2D eigenvalue weighted by atomic mass is 32.2. The summed E-state index contributed by atoms with van der Waals surface area (Å²) in [6.07, 6.45) is 0. The molecule has 0 aliphatic carbocycles. The lowest BCUT2D eigenvalue weighted by molar-refractivity contribution is -0.113. The summed E-state index contributed by atoms with van der Waals surface area (Å²) in [6.45, 7) is 5.38. The third-order valence-electron chi connectivity index (χ3n) is 3.74. The second kappa shape index (κ2) is 7.62. The first-order valence-corrected chi connectivity index (χ1v) is 9.03. The normalized spacial score (nSPS) is 13.0. The lowest BCUT2D eigenvalue weighted by Crippen LogP contribution is -2.16. The Labute approximate surface area is 146 Å². The van der Waals surface area contributed by atoms with E-state index in [0.717, 1.165) is 27.6 Å². The van der Waals surface area contributed by atoms with Crippen molar-refractivity contribution < 1.29 is 14.3 Å². The molecule has 3 rings (SSSR count). The van der Waals surface area contributed by atoms with E-state index in [1.165, 1.54) is 11.8 Å². The van der Waals surface area contributed by atoms with E-state index in [9.17, 15) is 4.79 Å². The molecule has 0 radical (unpaired) electrons. The second-order valence-corrected chi connectivity index (χ2v) is 6.93. The van der Waals surface area contributed by atoms with Crippen LogP contribution in [-0.2, 0) is 4.79 Å². The molecule has 0 atom stereocenters. The quantitative estimate of drug-likeness (QED) is 0.822. The van der Waals surface area contributed by atoms with Crippen LogP contribution in [0.2, 0.25) is 0 Å². The maximum absolute atomic E-state index is 12.3. The number of nitrogens with one attached hydrogen (secondary N) is 1. The molecule has 24 heavy (non-hydrogen) atoms. The summed E-state index contributed by atoms with van der Waals surface area (Å²) in [5.74, 6) is 2.22. The van der Waals surface area contributed by atoms with Crippen molar-refractivity contribution in [2.45, 2.75) is 24.7 Å². The number of rotatable bonds is 5. The largest absolute Gasteiger partial charge is 0.486 e. The van der Waals surface area contributed by atoms with Gasteiger partial charge in [-0.25, -0.2) is 0 Å². The minimum atomic E-state index is -0.0111. The molecule has 1 aliphatic heterocycles. The van der Waals surface area contributed by atoms with E-state index in [4.69, 9.17) is 9.47 Å². The highest BCUT2D eigenvalue weighted by Crippen LogP contribution is 2.34. The van der Waals surface area contributed by atoms with E-state index in [1.54, 1.807) is 0 Å². The third kappa shape index (κ3) is 4.03. The van der Waals surface area contributed by atoms with Crippen LogP contribution in [0.3, 0.4) is 0 Å². The summed E-state index contributed by atoms with van der Waals surface area (Å²) in [7, 11) is 0. The Kier molecular flexibility index (Phi) is 5.30. The van der Waals surface area contributed by atoms with E-state index < -0.39 is 0 Å². The van der Waals surface area contributed by atoms with Crippen molar-refractivity contribution in [2.75, 3.05) is 24.3 Å². The molecule has 0 fully saturated rings. The number of hydrogen-bond acceptors (Lipinski definition) is 4. The summed E-state index contributed by atoms with van der Waals surface area (Å²) >= 11 is 1.49. The molecule has 5 heteroatoms. The molecule has 0 spiro atoms. The molecule has 4 nitrogen and oxygen atoms in total. The minimum Gasteiger partial charge on any atom is -0.486 e. The number of fused-ring (bicyclic) bond motifs is 1. The van der Waals surface area contributed by atoms with Gasteiger partial charge in [-0.2, -0.15) is 0 Å². The summed E-state index contributed by atoms with van der Waals surface area (Å²) in [5.41, 5.74) is 2.04. The number of carbonyl (C=O) groups is 1. The molecule has 0 unspecified atom stereocenters. The Balaban J connectivity index is 1.60. The van der Waals surface area contributed by atoms with Crippen LogP contribution in [0, 0.1) is 0 Å². The molecule has 2 aromatic rings. The van der Waals surface area contributed by atoms with Gasteiger partial charge in [0.25, 0.3) is 0 Å². The van der Waals surface area contributed by atoms with Crippen molar-refractivity contribution in [3.8, 4) is 11.5 Å². The van der Waals surface area contributed by atoms with Gasteiger partial charge in [-0.05, 0) is 35.7 Å². The number of benzene rings is 2. The van der Waals surface area contributed by atoms with Crippen LogP contribution >= 0.6 is 11.8 Å². The lowest BCUT2D eigenvalue weighted by Gasteiger charge is -2.18. The fraction of sp³-hybridized carbons (Fsp3) is 0.316. The molecule has 1 aliphatic rings. The van der Waals surface area contributed by atoms with Gasteiger partial charge >= 0.3 is 0 Å². The fourth-order valence-corrected chi connectivity index (χ4v) is 3.29. The van der Waals surface area contributed by atoms with Crippen LogP contribution in [0.4, 0.5) is 5.69 Å². The molecule has 0 saturated carbocycles. The van der Waals surface area contributed by atoms with E-state index in [0.29, 0.717) is 24.9 Å². The molecule has 1 heterocycles. The second-order valence-electron chi connectivity index (χ2n) is 5.88. The van der Waals surface area contributed by atoms with Crippen molar-refractivity contribution in [2.24, 2.45) is 0 Å². The molecule has 126 valence electrons. The number of para-hydroxylation sites is 1. The SMILES string of the molecule is CC(C)c1ccccc1NC(=O)CSc1ccc2c(c1)OCCO2. The van der Waals surface area contributed by atoms with Crippen molar-refractivity contribution in [3.63, 3.8) is 0 Å². The van der Waals surface area contributed by atoms with Crippen LogP contribution in [-0.4, -0.2) is 24.9 Å². The fourth-order valence-electron chi connectivity index (χ4n) is 2.56. The number of thioether (sulfide) groups is 1. The predicted octanol–water partition coefficient (Wildman–Crippen LogP) is 4.31. The zero-order valence-corrected chi connectivity index (χ0v) is 14.7. The van der Waals surface area contributed by atoms with Gasteiger partial charge in [0, 0.05) is 10.6 Å². The first-order valence-electron chi connectivity index (χ1n) is 8.04. The number of amides is 1.